The van der Waals surface area contributed by atoms with E-state index in [0.29, 0.717) is 0 Å². The topological polar surface area (TPSA) is 0 Å². The first kappa shape index (κ1) is 22.1. The van der Waals surface area contributed by atoms with E-state index in [1.807, 2.05) is 12.1 Å². The van der Waals surface area contributed by atoms with Crippen molar-refractivity contribution in [1.82, 2.24) is 0 Å². The van der Waals surface area contributed by atoms with Crippen LogP contribution in [0.4, 0.5) is 0 Å². The van der Waals surface area contributed by atoms with Crippen molar-refractivity contribution in [2.24, 2.45) is 0 Å². The number of fused-ring (bicyclic) bond motifs is 5. The first-order valence-electron chi connectivity index (χ1n) is 12.8. The van der Waals surface area contributed by atoms with Crippen molar-refractivity contribution < 1.29 is 0 Å². The van der Waals surface area contributed by atoms with Gasteiger partial charge in [0, 0.05) is 15.1 Å². The van der Waals surface area contributed by atoms with E-state index >= 15 is 0 Å². The van der Waals surface area contributed by atoms with Gasteiger partial charge in [-0.1, -0.05) is 125 Å². The van der Waals surface area contributed by atoms with Crippen molar-refractivity contribution >= 4 is 59.8 Å². The standard InChI is InChI=1S/C36H20BrCl/c37-30-18-17-27-33-24(30)14-8-15-26(33)35-32(21-9-2-1-3-10-21)28-19-22-11-4-5-12-23(22)20-29(28)34(36(27)35)25-13-6-7-16-31(25)38/h1-20H. The van der Waals surface area contributed by atoms with Gasteiger partial charge in [-0.25, -0.2) is 0 Å². The van der Waals surface area contributed by atoms with Crippen molar-refractivity contribution in [3.8, 4) is 44.5 Å². The molecule has 0 aromatic heterocycles. The first-order chi connectivity index (χ1) is 18.7. The molecule has 38 heavy (non-hydrogen) atoms. The fourth-order valence-corrected chi connectivity index (χ4v) is 7.04. The largest absolute Gasteiger partial charge is 0.0837 e. The second kappa shape index (κ2) is 8.30. The van der Waals surface area contributed by atoms with E-state index in [1.54, 1.807) is 0 Å². The van der Waals surface area contributed by atoms with E-state index in [4.69, 9.17) is 11.6 Å². The summed E-state index contributed by atoms with van der Waals surface area (Å²) in [4.78, 5) is 0. The third-order valence-electron chi connectivity index (χ3n) is 7.91. The van der Waals surface area contributed by atoms with Crippen LogP contribution < -0.4 is 0 Å². The van der Waals surface area contributed by atoms with Gasteiger partial charge in [-0.3, -0.25) is 0 Å². The second-order valence-corrected chi connectivity index (χ2v) is 11.2. The molecule has 1 aliphatic rings. The minimum atomic E-state index is 0.765. The van der Waals surface area contributed by atoms with Crippen LogP contribution >= 0.6 is 27.5 Å². The number of halogens is 2. The van der Waals surface area contributed by atoms with Crippen LogP contribution in [0.2, 0.25) is 5.02 Å². The maximum Gasteiger partial charge on any atom is 0.0484 e. The summed E-state index contributed by atoms with van der Waals surface area (Å²) in [5, 5.41) is 8.21. The van der Waals surface area contributed by atoms with E-state index in [-0.39, 0.29) is 0 Å². The zero-order valence-electron chi connectivity index (χ0n) is 20.3. The average molecular weight is 568 g/mol. The monoisotopic (exact) mass is 566 g/mol. The van der Waals surface area contributed by atoms with E-state index < -0.39 is 0 Å². The summed E-state index contributed by atoms with van der Waals surface area (Å²) in [7, 11) is 0. The van der Waals surface area contributed by atoms with Gasteiger partial charge in [0.25, 0.3) is 0 Å². The van der Waals surface area contributed by atoms with Crippen LogP contribution in [-0.2, 0) is 0 Å². The zero-order valence-corrected chi connectivity index (χ0v) is 22.6. The third kappa shape index (κ3) is 3.04. The number of benzene rings is 7. The third-order valence-corrected chi connectivity index (χ3v) is 8.93. The normalized spacial score (nSPS) is 11.9. The van der Waals surface area contributed by atoms with E-state index in [2.05, 4.69) is 125 Å². The Labute approximate surface area is 234 Å². The molecule has 8 rings (SSSR count). The van der Waals surface area contributed by atoms with Crippen molar-refractivity contribution in [2.45, 2.75) is 0 Å². The zero-order chi connectivity index (χ0) is 25.4. The fraction of sp³-hybridized carbons (Fsp3) is 0. The minimum Gasteiger partial charge on any atom is -0.0837 e. The van der Waals surface area contributed by atoms with Crippen LogP contribution in [-0.4, -0.2) is 0 Å². The highest BCUT2D eigenvalue weighted by Gasteiger charge is 2.31. The summed E-state index contributed by atoms with van der Waals surface area (Å²) in [6, 6.07) is 43.6. The summed E-state index contributed by atoms with van der Waals surface area (Å²) in [5.41, 5.74) is 9.84. The van der Waals surface area contributed by atoms with Gasteiger partial charge in [0.1, 0.15) is 0 Å². The molecule has 0 fully saturated rings. The Kier molecular flexibility index (Phi) is 4.83. The molecule has 0 nitrogen and oxygen atoms in total. The molecular weight excluding hydrogens is 548 g/mol. The highest BCUT2D eigenvalue weighted by Crippen LogP contribution is 2.59. The lowest BCUT2D eigenvalue weighted by molar-refractivity contribution is 1.63. The van der Waals surface area contributed by atoms with Crippen molar-refractivity contribution in [1.29, 1.82) is 0 Å². The number of hydrogen-bond donors (Lipinski definition) is 0. The summed E-state index contributed by atoms with van der Waals surface area (Å²) < 4.78 is 1.11. The molecule has 0 spiro atoms. The van der Waals surface area contributed by atoms with E-state index in [1.165, 1.54) is 71.3 Å². The van der Waals surface area contributed by atoms with Crippen LogP contribution in [0.5, 0.6) is 0 Å². The van der Waals surface area contributed by atoms with Gasteiger partial charge in [-0.15, -0.1) is 0 Å². The Balaban J connectivity index is 1.70. The van der Waals surface area contributed by atoms with Gasteiger partial charge < -0.3 is 0 Å². The van der Waals surface area contributed by atoms with Crippen molar-refractivity contribution in [2.75, 3.05) is 0 Å². The van der Waals surface area contributed by atoms with Gasteiger partial charge in [-0.2, -0.15) is 0 Å². The van der Waals surface area contributed by atoms with Gasteiger partial charge >= 0.3 is 0 Å². The molecule has 178 valence electrons. The second-order valence-electron chi connectivity index (χ2n) is 9.91. The minimum absolute atomic E-state index is 0.765. The Morgan fingerprint density at radius 3 is 1.82 bits per heavy atom. The van der Waals surface area contributed by atoms with Crippen LogP contribution in [0.25, 0.3) is 76.8 Å². The number of hydrogen-bond acceptors (Lipinski definition) is 0. The highest BCUT2D eigenvalue weighted by atomic mass is 79.9. The van der Waals surface area contributed by atoms with Gasteiger partial charge in [0.2, 0.25) is 0 Å². The fourth-order valence-electron chi connectivity index (χ4n) is 6.35. The molecular formula is C36H20BrCl. The Morgan fingerprint density at radius 2 is 1.05 bits per heavy atom. The maximum absolute atomic E-state index is 6.97. The summed E-state index contributed by atoms with van der Waals surface area (Å²) in [5.74, 6) is 0. The molecule has 0 saturated carbocycles. The molecule has 2 heteroatoms. The summed E-state index contributed by atoms with van der Waals surface area (Å²) in [6.07, 6.45) is 0. The molecule has 0 heterocycles. The van der Waals surface area contributed by atoms with Gasteiger partial charge in [-0.05, 0) is 95.5 Å². The molecule has 0 bridgehead atoms. The molecule has 7 aromatic rings. The quantitative estimate of drug-likeness (QED) is 0.182. The molecule has 1 aliphatic carbocycles. The molecule has 0 aliphatic heterocycles. The predicted molar refractivity (Wildman–Crippen MR) is 167 cm³/mol. The van der Waals surface area contributed by atoms with E-state index in [0.717, 1.165) is 15.1 Å². The molecule has 0 N–H and O–H groups in total. The summed E-state index contributed by atoms with van der Waals surface area (Å²) >= 11 is 10.8. The van der Waals surface area contributed by atoms with Crippen LogP contribution in [0, 0.1) is 0 Å². The maximum atomic E-state index is 6.97. The molecule has 0 amide bonds. The smallest absolute Gasteiger partial charge is 0.0484 e. The Bertz CT molecular complexity index is 2090. The highest BCUT2D eigenvalue weighted by molar-refractivity contribution is 9.10. The summed E-state index contributed by atoms with van der Waals surface area (Å²) in [6.45, 7) is 0. The lowest BCUT2D eigenvalue weighted by Gasteiger charge is -2.21. The van der Waals surface area contributed by atoms with Crippen molar-refractivity contribution in [3.05, 3.63) is 131 Å². The van der Waals surface area contributed by atoms with Gasteiger partial charge in [0.05, 0.1) is 0 Å². The van der Waals surface area contributed by atoms with E-state index in [9.17, 15) is 0 Å². The SMILES string of the molecule is Clc1ccccc1-c1c2c(c(-c3ccccc3)c3cc4ccccc4cc13)-c1cccc3c(Br)ccc-2c13. The first-order valence-corrected chi connectivity index (χ1v) is 13.9. The molecule has 7 aromatic carbocycles. The molecule has 0 unspecified atom stereocenters. The number of rotatable bonds is 2. The van der Waals surface area contributed by atoms with Crippen LogP contribution in [0.3, 0.4) is 0 Å². The van der Waals surface area contributed by atoms with Crippen LogP contribution in [0.15, 0.2) is 126 Å². The van der Waals surface area contributed by atoms with Gasteiger partial charge in [0.15, 0.2) is 0 Å². The average Bonchev–Trinajstić information content (AvgIpc) is 3.28. The molecule has 0 radical (unpaired) electrons. The lowest BCUT2D eigenvalue weighted by atomic mass is 9.82. The van der Waals surface area contributed by atoms with Crippen LogP contribution in [0.1, 0.15) is 0 Å². The molecule has 0 saturated heterocycles. The molecule has 0 atom stereocenters. The lowest BCUT2D eigenvalue weighted by Crippen LogP contribution is -1.94. The predicted octanol–water partition coefficient (Wildman–Crippen LogP) is 11.5. The Hall–Kier alpha value is -3.91. The Morgan fingerprint density at radius 1 is 0.447 bits per heavy atom. The van der Waals surface area contributed by atoms with Crippen molar-refractivity contribution in [3.63, 3.8) is 0 Å².